The summed E-state index contributed by atoms with van der Waals surface area (Å²) in [6, 6.07) is 3.41. The average molecular weight is 275 g/mol. The number of hydrogen-bond donors (Lipinski definition) is 3. The van der Waals surface area contributed by atoms with Crippen molar-refractivity contribution >= 4 is 23.3 Å². The molecular formula is C12H16ClFN2O2. The molecule has 0 radical (unpaired) electrons. The monoisotopic (exact) mass is 274 g/mol. The van der Waals surface area contributed by atoms with Crippen LogP contribution in [-0.2, 0) is 0 Å². The minimum Gasteiger partial charge on any atom is -0.391 e. The molecule has 4 nitrogen and oxygen atoms in total. The molecule has 0 aliphatic carbocycles. The first-order valence-electron chi connectivity index (χ1n) is 5.58. The highest BCUT2D eigenvalue weighted by atomic mass is 35.5. The molecule has 0 aliphatic rings. The first kappa shape index (κ1) is 14.7. The number of halogens is 2. The van der Waals surface area contributed by atoms with E-state index in [-0.39, 0.29) is 17.5 Å². The number of amides is 2. The summed E-state index contributed by atoms with van der Waals surface area (Å²) in [7, 11) is 0. The van der Waals surface area contributed by atoms with Gasteiger partial charge in [0, 0.05) is 12.2 Å². The number of hydrogen-bond acceptors (Lipinski definition) is 2. The van der Waals surface area contributed by atoms with Crippen molar-refractivity contribution in [3.63, 3.8) is 0 Å². The fraction of sp³-hybridized carbons (Fsp3) is 0.417. The summed E-state index contributed by atoms with van der Waals surface area (Å²) in [5.74, 6) is -0.483. The Labute approximate surface area is 110 Å². The van der Waals surface area contributed by atoms with E-state index in [9.17, 15) is 14.3 Å². The molecule has 1 aromatic carbocycles. The molecule has 1 atom stereocenters. The van der Waals surface area contributed by atoms with Gasteiger partial charge in [-0.2, -0.15) is 0 Å². The standard InChI is InChI=1S/C12H16ClFN2O2/c1-7(2)11(17)6-15-12(18)16-8-3-4-10(14)9(13)5-8/h3-5,7,11,17H,6H2,1-2H3,(H2,15,16,18)/t11-/m0/s1. The lowest BCUT2D eigenvalue weighted by Crippen LogP contribution is -2.37. The first-order chi connectivity index (χ1) is 8.40. The Bertz CT molecular complexity index is 427. The average Bonchev–Trinajstić information content (AvgIpc) is 2.30. The van der Waals surface area contributed by atoms with Gasteiger partial charge in [-0.3, -0.25) is 0 Å². The Morgan fingerprint density at radius 3 is 2.72 bits per heavy atom. The first-order valence-corrected chi connectivity index (χ1v) is 5.96. The summed E-state index contributed by atoms with van der Waals surface area (Å²) < 4.78 is 12.9. The van der Waals surface area contributed by atoms with Gasteiger partial charge in [-0.1, -0.05) is 25.4 Å². The molecule has 100 valence electrons. The van der Waals surface area contributed by atoms with E-state index in [0.29, 0.717) is 5.69 Å². The molecule has 0 unspecified atom stereocenters. The van der Waals surface area contributed by atoms with Crippen LogP contribution in [-0.4, -0.2) is 23.8 Å². The highest BCUT2D eigenvalue weighted by Crippen LogP contribution is 2.19. The van der Waals surface area contributed by atoms with Crippen LogP contribution in [0.3, 0.4) is 0 Å². The molecule has 0 bridgehead atoms. The van der Waals surface area contributed by atoms with E-state index in [1.165, 1.54) is 18.2 Å². The lowest BCUT2D eigenvalue weighted by atomic mass is 10.1. The van der Waals surface area contributed by atoms with Crippen LogP contribution in [0.1, 0.15) is 13.8 Å². The minimum atomic E-state index is -0.604. The number of rotatable bonds is 4. The lowest BCUT2D eigenvalue weighted by Gasteiger charge is -2.15. The normalized spacial score (nSPS) is 12.3. The van der Waals surface area contributed by atoms with Crippen LogP contribution in [0, 0.1) is 11.7 Å². The number of aliphatic hydroxyl groups is 1. The third-order valence-electron chi connectivity index (χ3n) is 2.42. The maximum absolute atomic E-state index is 12.9. The van der Waals surface area contributed by atoms with Crippen LogP contribution in [0.2, 0.25) is 5.02 Å². The summed E-state index contributed by atoms with van der Waals surface area (Å²) >= 11 is 5.58. The summed E-state index contributed by atoms with van der Waals surface area (Å²) in [6.45, 7) is 3.85. The van der Waals surface area contributed by atoms with Crippen LogP contribution in [0.4, 0.5) is 14.9 Å². The van der Waals surface area contributed by atoms with Gasteiger partial charge in [0.1, 0.15) is 5.82 Å². The second-order valence-electron chi connectivity index (χ2n) is 4.28. The van der Waals surface area contributed by atoms with E-state index in [0.717, 1.165) is 0 Å². The van der Waals surface area contributed by atoms with Crippen molar-refractivity contribution in [2.45, 2.75) is 20.0 Å². The molecule has 1 rings (SSSR count). The molecule has 0 aromatic heterocycles. The van der Waals surface area contributed by atoms with Crippen molar-refractivity contribution in [2.24, 2.45) is 5.92 Å². The van der Waals surface area contributed by atoms with Crippen molar-refractivity contribution < 1.29 is 14.3 Å². The number of nitrogens with one attached hydrogen (secondary N) is 2. The van der Waals surface area contributed by atoms with Crippen LogP contribution >= 0.6 is 11.6 Å². The number of anilines is 1. The van der Waals surface area contributed by atoms with Gasteiger partial charge in [0.05, 0.1) is 11.1 Å². The zero-order valence-corrected chi connectivity index (χ0v) is 11.0. The molecule has 18 heavy (non-hydrogen) atoms. The molecular weight excluding hydrogens is 259 g/mol. The molecule has 0 saturated heterocycles. The van der Waals surface area contributed by atoms with E-state index in [1.807, 2.05) is 13.8 Å². The van der Waals surface area contributed by atoms with Gasteiger partial charge in [0.15, 0.2) is 0 Å². The van der Waals surface area contributed by atoms with Crippen LogP contribution in [0.25, 0.3) is 0 Å². The Hall–Kier alpha value is -1.33. The highest BCUT2D eigenvalue weighted by Gasteiger charge is 2.11. The van der Waals surface area contributed by atoms with Gasteiger partial charge < -0.3 is 15.7 Å². The number of carbonyl (C=O) groups is 1. The maximum Gasteiger partial charge on any atom is 0.319 e. The Balaban J connectivity index is 2.47. The number of aliphatic hydroxyl groups excluding tert-OH is 1. The topological polar surface area (TPSA) is 61.4 Å². The molecule has 2 amide bonds. The highest BCUT2D eigenvalue weighted by molar-refractivity contribution is 6.31. The van der Waals surface area contributed by atoms with Crippen LogP contribution in [0.5, 0.6) is 0 Å². The summed E-state index contributed by atoms with van der Waals surface area (Å²) in [5.41, 5.74) is 0.387. The minimum absolute atomic E-state index is 0.0602. The molecule has 6 heteroatoms. The quantitative estimate of drug-likeness (QED) is 0.790. The molecule has 1 aromatic rings. The largest absolute Gasteiger partial charge is 0.391 e. The third-order valence-corrected chi connectivity index (χ3v) is 2.71. The van der Waals surface area contributed by atoms with E-state index in [4.69, 9.17) is 11.6 Å². The van der Waals surface area contributed by atoms with Crippen LogP contribution in [0.15, 0.2) is 18.2 Å². The van der Waals surface area contributed by atoms with E-state index in [1.54, 1.807) is 0 Å². The Morgan fingerprint density at radius 2 is 2.17 bits per heavy atom. The number of benzene rings is 1. The van der Waals surface area contributed by atoms with E-state index >= 15 is 0 Å². The predicted molar refractivity (Wildman–Crippen MR) is 69.3 cm³/mol. The summed E-state index contributed by atoms with van der Waals surface area (Å²) in [4.78, 5) is 11.5. The molecule has 0 heterocycles. The van der Waals surface area contributed by atoms with Crippen molar-refractivity contribution in [1.82, 2.24) is 5.32 Å². The summed E-state index contributed by atoms with van der Waals surface area (Å²) in [5, 5.41) is 14.4. The van der Waals surface area contributed by atoms with Gasteiger partial charge in [-0.25, -0.2) is 9.18 Å². The van der Waals surface area contributed by atoms with Gasteiger partial charge in [0.25, 0.3) is 0 Å². The van der Waals surface area contributed by atoms with Crippen LogP contribution < -0.4 is 10.6 Å². The molecule has 0 aliphatic heterocycles. The molecule has 0 saturated carbocycles. The zero-order valence-electron chi connectivity index (χ0n) is 10.2. The molecule has 0 fully saturated rings. The molecule has 3 N–H and O–H groups in total. The van der Waals surface area contributed by atoms with Gasteiger partial charge in [-0.05, 0) is 24.1 Å². The van der Waals surface area contributed by atoms with E-state index < -0.39 is 18.0 Å². The smallest absolute Gasteiger partial charge is 0.319 e. The van der Waals surface area contributed by atoms with Gasteiger partial charge in [-0.15, -0.1) is 0 Å². The van der Waals surface area contributed by atoms with Crippen molar-refractivity contribution in [1.29, 1.82) is 0 Å². The Kier molecular flexibility index (Phi) is 5.37. The van der Waals surface area contributed by atoms with Crippen molar-refractivity contribution in [2.75, 3.05) is 11.9 Å². The van der Waals surface area contributed by atoms with Gasteiger partial charge >= 0.3 is 6.03 Å². The molecule has 0 spiro atoms. The predicted octanol–water partition coefficient (Wildman–Crippen LogP) is 2.62. The second-order valence-corrected chi connectivity index (χ2v) is 4.68. The zero-order chi connectivity index (χ0) is 13.7. The Morgan fingerprint density at radius 1 is 1.50 bits per heavy atom. The lowest BCUT2D eigenvalue weighted by molar-refractivity contribution is 0.126. The van der Waals surface area contributed by atoms with E-state index in [2.05, 4.69) is 10.6 Å². The number of urea groups is 1. The van der Waals surface area contributed by atoms with Gasteiger partial charge in [0.2, 0.25) is 0 Å². The maximum atomic E-state index is 12.9. The van der Waals surface area contributed by atoms with Crippen molar-refractivity contribution in [3.05, 3.63) is 29.0 Å². The third kappa shape index (κ3) is 4.50. The fourth-order valence-electron chi connectivity index (χ4n) is 1.18. The van der Waals surface area contributed by atoms with Crippen molar-refractivity contribution in [3.8, 4) is 0 Å². The number of carbonyl (C=O) groups excluding carboxylic acids is 1. The second kappa shape index (κ2) is 6.56. The summed E-state index contributed by atoms with van der Waals surface area (Å²) in [6.07, 6.45) is -0.604. The fourth-order valence-corrected chi connectivity index (χ4v) is 1.36. The SMILES string of the molecule is CC(C)[C@@H](O)CNC(=O)Nc1ccc(F)c(Cl)c1.